The van der Waals surface area contributed by atoms with E-state index < -0.39 is 0 Å². The lowest BCUT2D eigenvalue weighted by molar-refractivity contribution is 0.468. The van der Waals surface area contributed by atoms with E-state index in [9.17, 15) is 5.11 Å². The summed E-state index contributed by atoms with van der Waals surface area (Å²) in [7, 11) is 0. The number of rotatable bonds is 4. The van der Waals surface area contributed by atoms with Crippen molar-refractivity contribution in [1.82, 2.24) is 15.0 Å². The minimum atomic E-state index is -0.340. The molecule has 0 fully saturated rings. The van der Waals surface area contributed by atoms with E-state index in [1.165, 1.54) is 6.33 Å². The molecule has 28 heavy (non-hydrogen) atoms. The van der Waals surface area contributed by atoms with Crippen molar-refractivity contribution in [2.45, 2.75) is 6.04 Å². The van der Waals surface area contributed by atoms with Gasteiger partial charge in [0, 0.05) is 23.5 Å². The number of hydrogen-bond acceptors (Lipinski definition) is 6. The normalized spacial score (nSPS) is 12.3. The van der Waals surface area contributed by atoms with Crippen LogP contribution in [-0.4, -0.2) is 20.1 Å². The number of benzene rings is 3. The highest BCUT2D eigenvalue weighted by atomic mass is 32.1. The van der Waals surface area contributed by atoms with Gasteiger partial charge in [-0.1, -0.05) is 53.8 Å². The predicted octanol–water partition coefficient (Wildman–Crippen LogP) is 5.15. The Balaban J connectivity index is 1.69. The van der Waals surface area contributed by atoms with Crippen molar-refractivity contribution >= 4 is 37.5 Å². The third kappa shape index (κ3) is 2.93. The summed E-state index contributed by atoms with van der Waals surface area (Å²) in [5.41, 5.74) is 2.58. The lowest BCUT2D eigenvalue weighted by atomic mass is 9.94. The fraction of sp³-hybridized carbons (Fsp3) is 0.0455. The van der Waals surface area contributed by atoms with Crippen molar-refractivity contribution < 1.29 is 5.11 Å². The highest BCUT2D eigenvalue weighted by Crippen LogP contribution is 2.38. The number of para-hydroxylation sites is 1. The Morgan fingerprint density at radius 1 is 0.893 bits per heavy atom. The molecule has 0 radical (unpaired) electrons. The lowest BCUT2D eigenvalue weighted by Crippen LogP contribution is -2.13. The van der Waals surface area contributed by atoms with Gasteiger partial charge < -0.3 is 10.4 Å². The second-order valence-electron chi connectivity index (χ2n) is 6.46. The van der Waals surface area contributed by atoms with E-state index in [0.29, 0.717) is 0 Å². The number of fused-ring (bicyclic) bond motifs is 2. The number of phenols is 1. The van der Waals surface area contributed by atoms with Crippen LogP contribution in [0.3, 0.4) is 0 Å². The van der Waals surface area contributed by atoms with Gasteiger partial charge in [0.15, 0.2) is 5.13 Å². The van der Waals surface area contributed by atoms with Crippen molar-refractivity contribution in [3.63, 3.8) is 0 Å². The molecule has 5 nitrogen and oxygen atoms in total. The Kier molecular flexibility index (Phi) is 4.10. The first-order valence-corrected chi connectivity index (χ1v) is 9.69. The number of anilines is 1. The molecule has 0 aliphatic heterocycles. The molecule has 0 spiro atoms. The van der Waals surface area contributed by atoms with Gasteiger partial charge in [0.1, 0.15) is 12.1 Å². The molecule has 1 unspecified atom stereocenters. The summed E-state index contributed by atoms with van der Waals surface area (Å²) in [5, 5.41) is 17.1. The number of phenolic OH excluding ortho intramolecular Hbond substituents is 1. The number of thiazole rings is 1. The van der Waals surface area contributed by atoms with E-state index in [1.807, 2.05) is 54.6 Å². The first-order chi connectivity index (χ1) is 13.8. The maximum absolute atomic E-state index is 10.8. The molecule has 0 aliphatic carbocycles. The summed E-state index contributed by atoms with van der Waals surface area (Å²) in [5.74, 6) is 0.223. The summed E-state index contributed by atoms with van der Waals surface area (Å²) < 4.78 is 1.11. The molecule has 0 amide bonds. The Bertz CT molecular complexity index is 1240. The van der Waals surface area contributed by atoms with Crippen LogP contribution in [0.5, 0.6) is 5.75 Å². The van der Waals surface area contributed by atoms with Gasteiger partial charge >= 0.3 is 0 Å². The van der Waals surface area contributed by atoms with Crippen molar-refractivity contribution in [1.29, 1.82) is 0 Å². The van der Waals surface area contributed by atoms with E-state index in [4.69, 9.17) is 4.98 Å². The van der Waals surface area contributed by atoms with Gasteiger partial charge in [-0.3, -0.25) is 0 Å². The number of nitrogens with zero attached hydrogens (tertiary/aromatic N) is 3. The molecule has 0 saturated carbocycles. The average Bonchev–Trinajstić information content (AvgIpc) is 3.16. The number of aromatic nitrogens is 3. The molecular formula is C22H16N4OS. The molecular weight excluding hydrogens is 368 g/mol. The quantitative estimate of drug-likeness (QED) is 0.449. The Hall–Kier alpha value is -3.51. The van der Waals surface area contributed by atoms with Crippen molar-refractivity contribution in [2.75, 3.05) is 5.32 Å². The Morgan fingerprint density at radius 2 is 1.68 bits per heavy atom. The third-order valence-electron chi connectivity index (χ3n) is 4.71. The molecule has 2 heterocycles. The Morgan fingerprint density at radius 3 is 2.54 bits per heavy atom. The van der Waals surface area contributed by atoms with Crippen LogP contribution in [0.2, 0.25) is 0 Å². The summed E-state index contributed by atoms with van der Waals surface area (Å²) in [6.45, 7) is 0. The van der Waals surface area contributed by atoms with Crippen LogP contribution in [-0.2, 0) is 0 Å². The van der Waals surface area contributed by atoms with Crippen molar-refractivity contribution in [3.8, 4) is 5.75 Å². The minimum Gasteiger partial charge on any atom is -0.508 e. The van der Waals surface area contributed by atoms with E-state index in [1.54, 1.807) is 29.8 Å². The van der Waals surface area contributed by atoms with E-state index >= 15 is 0 Å². The molecule has 1 atom stereocenters. The lowest BCUT2D eigenvalue weighted by Gasteiger charge is -2.21. The predicted molar refractivity (Wildman–Crippen MR) is 113 cm³/mol. The van der Waals surface area contributed by atoms with Crippen molar-refractivity contribution in [2.24, 2.45) is 0 Å². The van der Waals surface area contributed by atoms with Gasteiger partial charge in [-0.2, -0.15) is 0 Å². The molecule has 0 saturated heterocycles. The zero-order valence-corrected chi connectivity index (χ0v) is 15.6. The smallest absolute Gasteiger partial charge is 0.184 e. The van der Waals surface area contributed by atoms with Gasteiger partial charge in [0.05, 0.1) is 16.3 Å². The van der Waals surface area contributed by atoms with Crippen LogP contribution < -0.4 is 5.32 Å². The first kappa shape index (κ1) is 16.6. The van der Waals surface area contributed by atoms with Crippen LogP contribution in [0.15, 0.2) is 79.4 Å². The molecule has 136 valence electrons. The number of nitrogens with one attached hydrogen (secondary N) is 1. The molecule has 2 N–H and O–H groups in total. The second kappa shape index (κ2) is 6.90. The summed E-state index contributed by atoms with van der Waals surface area (Å²) in [6.07, 6.45) is 5.03. The molecule has 5 aromatic rings. The average molecular weight is 384 g/mol. The third-order valence-corrected chi connectivity index (χ3v) is 5.68. The summed E-state index contributed by atoms with van der Waals surface area (Å²) in [4.78, 5) is 13.0. The first-order valence-electron chi connectivity index (χ1n) is 8.87. The molecule has 0 bridgehead atoms. The molecule has 3 aromatic carbocycles. The second-order valence-corrected chi connectivity index (χ2v) is 7.49. The van der Waals surface area contributed by atoms with Gasteiger partial charge in [0.2, 0.25) is 0 Å². The van der Waals surface area contributed by atoms with Gasteiger partial charge in [-0.05, 0) is 29.0 Å². The molecule has 0 aliphatic rings. The fourth-order valence-electron chi connectivity index (χ4n) is 3.43. The van der Waals surface area contributed by atoms with Gasteiger partial charge in [-0.15, -0.1) is 0 Å². The Labute approximate surface area is 165 Å². The summed E-state index contributed by atoms with van der Waals surface area (Å²) in [6, 6.07) is 19.4. The van der Waals surface area contributed by atoms with Crippen LogP contribution in [0.25, 0.3) is 21.0 Å². The highest BCUT2D eigenvalue weighted by Gasteiger charge is 2.22. The van der Waals surface area contributed by atoms with E-state index in [0.717, 1.165) is 37.2 Å². The van der Waals surface area contributed by atoms with Crippen LogP contribution >= 0.6 is 11.3 Å². The fourth-order valence-corrected chi connectivity index (χ4v) is 4.32. The van der Waals surface area contributed by atoms with Gasteiger partial charge in [-0.25, -0.2) is 15.0 Å². The van der Waals surface area contributed by atoms with Gasteiger partial charge in [0.25, 0.3) is 0 Å². The van der Waals surface area contributed by atoms with E-state index in [-0.39, 0.29) is 11.8 Å². The number of aromatic hydroxyl groups is 1. The zero-order chi connectivity index (χ0) is 18.9. The van der Waals surface area contributed by atoms with Crippen molar-refractivity contribution in [3.05, 3.63) is 90.5 Å². The highest BCUT2D eigenvalue weighted by molar-refractivity contribution is 7.22. The van der Waals surface area contributed by atoms with E-state index in [2.05, 4.69) is 15.3 Å². The molecule has 2 aromatic heterocycles. The monoisotopic (exact) mass is 384 g/mol. The molecule has 6 heteroatoms. The summed E-state index contributed by atoms with van der Waals surface area (Å²) >= 11 is 1.58. The van der Waals surface area contributed by atoms with Crippen LogP contribution in [0, 0.1) is 0 Å². The number of hydrogen-bond donors (Lipinski definition) is 2. The largest absolute Gasteiger partial charge is 0.508 e. The molecule has 5 rings (SSSR count). The zero-order valence-electron chi connectivity index (χ0n) is 14.8. The maximum atomic E-state index is 10.8. The standard InChI is InChI=1S/C22H16N4OS/c27-18-10-9-14-5-1-2-6-16(14)20(18)21(15-11-23-13-24-12-15)26-22-25-17-7-3-4-8-19(17)28-22/h1-13,21,27H,(H,25,26). The minimum absolute atomic E-state index is 0.223. The maximum Gasteiger partial charge on any atom is 0.184 e. The SMILES string of the molecule is Oc1ccc2ccccc2c1C(Nc1nc2ccccc2s1)c1cncnc1. The van der Waals surface area contributed by atoms with Crippen LogP contribution in [0.1, 0.15) is 17.2 Å². The topological polar surface area (TPSA) is 70.9 Å². The van der Waals surface area contributed by atoms with Crippen LogP contribution in [0.4, 0.5) is 5.13 Å².